The average molecular weight is 480 g/mol. The van der Waals surface area contributed by atoms with Gasteiger partial charge in [-0.1, -0.05) is 32.0 Å². The number of hydrogen-bond acceptors (Lipinski definition) is 7. The number of benzene rings is 2. The lowest BCUT2D eigenvalue weighted by Gasteiger charge is -2.38. The number of piperazine rings is 1. The second-order valence-electron chi connectivity index (χ2n) is 10.6. The van der Waals surface area contributed by atoms with E-state index in [9.17, 15) is 0 Å². The normalized spacial score (nSPS) is 20.3. The summed E-state index contributed by atoms with van der Waals surface area (Å²) in [5.41, 5.74) is 7.83. The molecule has 2 saturated heterocycles. The summed E-state index contributed by atoms with van der Waals surface area (Å²) in [5, 5.41) is 15.9. The number of rotatable bonds is 8. The molecule has 0 spiro atoms. The van der Waals surface area contributed by atoms with Gasteiger partial charge in [-0.15, -0.1) is 0 Å². The number of nitrogens with one attached hydrogen (secondary N) is 2. The molecule has 0 saturated carbocycles. The van der Waals surface area contributed by atoms with Crippen molar-refractivity contribution in [3.8, 4) is 0 Å². The number of morpholine rings is 1. The minimum absolute atomic E-state index is 0.0459. The fraction of sp³-hybridized carbons (Fsp3) is 0.571. The van der Waals surface area contributed by atoms with Crippen LogP contribution in [0.15, 0.2) is 36.4 Å². The molecule has 2 fully saturated rings. The van der Waals surface area contributed by atoms with Crippen LogP contribution in [0.4, 0.5) is 17.1 Å². The standard InChI is InChI=1S/C28H41N5O2/c1-28(2)24-5-4-23(33-14-17-35-18-15-33)20-27(24)30-26-6-3-22(19-25(26)28)21-32-12-10-31(11-13-32)9-7-29-8-16-34/h3-6,19-20,29-30,34H,7-18,21H2,1-2H3. The Morgan fingerprint density at radius 2 is 1.66 bits per heavy atom. The van der Waals surface area contributed by atoms with Crippen LogP contribution in [0.1, 0.15) is 30.5 Å². The van der Waals surface area contributed by atoms with Gasteiger partial charge in [0.1, 0.15) is 0 Å². The summed E-state index contributed by atoms with van der Waals surface area (Å²) >= 11 is 0. The van der Waals surface area contributed by atoms with Crippen molar-refractivity contribution in [2.75, 3.05) is 88.9 Å². The molecule has 0 bridgehead atoms. The van der Waals surface area contributed by atoms with Crippen molar-refractivity contribution in [1.29, 1.82) is 0 Å². The Balaban J connectivity index is 1.24. The Kier molecular flexibility index (Phi) is 7.60. The van der Waals surface area contributed by atoms with E-state index in [4.69, 9.17) is 9.84 Å². The molecule has 5 rings (SSSR count). The number of fused-ring (bicyclic) bond motifs is 2. The predicted octanol–water partition coefficient (Wildman–Crippen LogP) is 2.61. The molecule has 190 valence electrons. The molecule has 7 nitrogen and oxygen atoms in total. The van der Waals surface area contributed by atoms with Gasteiger partial charge >= 0.3 is 0 Å². The van der Waals surface area contributed by atoms with Crippen molar-refractivity contribution in [3.05, 3.63) is 53.1 Å². The van der Waals surface area contributed by atoms with Crippen molar-refractivity contribution in [2.24, 2.45) is 0 Å². The van der Waals surface area contributed by atoms with Crippen LogP contribution in [0.5, 0.6) is 0 Å². The van der Waals surface area contributed by atoms with Gasteiger partial charge in [0.2, 0.25) is 0 Å². The number of anilines is 3. The van der Waals surface area contributed by atoms with Crippen molar-refractivity contribution in [3.63, 3.8) is 0 Å². The Bertz CT molecular complexity index is 997. The largest absolute Gasteiger partial charge is 0.395 e. The number of aliphatic hydroxyl groups is 1. The number of aliphatic hydroxyl groups excluding tert-OH is 1. The first-order chi connectivity index (χ1) is 17.0. The maximum Gasteiger partial charge on any atom is 0.0642 e. The van der Waals surface area contributed by atoms with Crippen LogP contribution >= 0.6 is 0 Å². The lowest BCUT2D eigenvalue weighted by molar-refractivity contribution is 0.122. The zero-order valence-corrected chi connectivity index (χ0v) is 21.4. The third-order valence-electron chi connectivity index (χ3n) is 7.84. The van der Waals surface area contributed by atoms with Crippen LogP contribution in [0.2, 0.25) is 0 Å². The third kappa shape index (κ3) is 5.49. The minimum Gasteiger partial charge on any atom is -0.395 e. The zero-order chi connectivity index (χ0) is 24.3. The van der Waals surface area contributed by atoms with Crippen molar-refractivity contribution in [2.45, 2.75) is 25.8 Å². The van der Waals surface area contributed by atoms with E-state index >= 15 is 0 Å². The summed E-state index contributed by atoms with van der Waals surface area (Å²) in [5.74, 6) is 0. The van der Waals surface area contributed by atoms with Crippen LogP contribution in [0, 0.1) is 0 Å². The summed E-state index contributed by atoms with van der Waals surface area (Å²) in [6, 6.07) is 13.9. The van der Waals surface area contributed by atoms with Crippen LogP contribution in [-0.2, 0) is 16.7 Å². The first kappa shape index (κ1) is 24.5. The molecule has 0 amide bonds. The molecule has 3 heterocycles. The van der Waals surface area contributed by atoms with Gasteiger partial charge in [0.25, 0.3) is 0 Å². The number of hydrogen-bond donors (Lipinski definition) is 3. The van der Waals surface area contributed by atoms with Crippen molar-refractivity contribution >= 4 is 17.1 Å². The fourth-order valence-corrected chi connectivity index (χ4v) is 5.68. The molecule has 0 aromatic heterocycles. The molecule has 7 heteroatoms. The topological polar surface area (TPSA) is 63.2 Å². The Morgan fingerprint density at radius 3 is 2.43 bits per heavy atom. The van der Waals surface area contributed by atoms with E-state index in [1.54, 1.807) is 0 Å². The highest BCUT2D eigenvalue weighted by atomic mass is 16.5. The van der Waals surface area contributed by atoms with E-state index in [2.05, 4.69) is 75.6 Å². The van der Waals surface area contributed by atoms with Gasteiger partial charge in [-0.05, 0) is 34.9 Å². The zero-order valence-electron chi connectivity index (χ0n) is 21.4. The smallest absolute Gasteiger partial charge is 0.0642 e. The summed E-state index contributed by atoms with van der Waals surface area (Å²) in [7, 11) is 0. The second kappa shape index (κ2) is 10.8. The van der Waals surface area contributed by atoms with E-state index in [1.165, 1.54) is 33.8 Å². The Labute approximate surface area is 210 Å². The highest BCUT2D eigenvalue weighted by Crippen LogP contribution is 2.46. The monoisotopic (exact) mass is 479 g/mol. The van der Waals surface area contributed by atoms with Crippen molar-refractivity contribution in [1.82, 2.24) is 15.1 Å². The molecule has 0 aliphatic carbocycles. The highest BCUT2D eigenvalue weighted by molar-refractivity contribution is 5.78. The van der Waals surface area contributed by atoms with Crippen LogP contribution in [0.3, 0.4) is 0 Å². The van der Waals surface area contributed by atoms with E-state index < -0.39 is 0 Å². The maximum atomic E-state index is 8.90. The molecule has 0 unspecified atom stereocenters. The summed E-state index contributed by atoms with van der Waals surface area (Å²) in [4.78, 5) is 7.51. The van der Waals surface area contributed by atoms with Gasteiger partial charge < -0.3 is 25.4 Å². The molecule has 2 aromatic rings. The van der Waals surface area contributed by atoms with Crippen LogP contribution < -0.4 is 15.5 Å². The van der Waals surface area contributed by atoms with Gasteiger partial charge in [0, 0.05) is 87.9 Å². The Hall–Kier alpha value is -2.16. The molecule has 3 aliphatic rings. The number of nitrogens with zero attached hydrogens (tertiary/aromatic N) is 3. The van der Waals surface area contributed by atoms with E-state index in [0.717, 1.165) is 72.1 Å². The van der Waals surface area contributed by atoms with E-state index in [0.29, 0.717) is 6.54 Å². The third-order valence-corrected chi connectivity index (χ3v) is 7.84. The summed E-state index contributed by atoms with van der Waals surface area (Å²) in [6.07, 6.45) is 0. The molecule has 3 aliphatic heterocycles. The van der Waals surface area contributed by atoms with Gasteiger partial charge in [-0.3, -0.25) is 9.80 Å². The van der Waals surface area contributed by atoms with Crippen molar-refractivity contribution < 1.29 is 9.84 Å². The lowest BCUT2D eigenvalue weighted by Crippen LogP contribution is -2.47. The first-order valence-electron chi connectivity index (χ1n) is 13.2. The van der Waals surface area contributed by atoms with Gasteiger partial charge in [-0.2, -0.15) is 0 Å². The average Bonchev–Trinajstić information content (AvgIpc) is 2.88. The first-order valence-corrected chi connectivity index (χ1v) is 13.2. The molecule has 0 radical (unpaired) electrons. The molecular formula is C28H41N5O2. The summed E-state index contributed by atoms with van der Waals surface area (Å²) in [6.45, 7) is 16.6. The molecular weight excluding hydrogens is 438 g/mol. The lowest BCUT2D eigenvalue weighted by atomic mass is 9.74. The minimum atomic E-state index is -0.0459. The van der Waals surface area contributed by atoms with Gasteiger partial charge in [0.15, 0.2) is 0 Å². The SMILES string of the molecule is CC1(C)c2ccc(N3CCOCC3)cc2Nc2ccc(CN3CCN(CCNCCO)CC3)cc21. The van der Waals surface area contributed by atoms with Gasteiger partial charge in [0.05, 0.1) is 19.8 Å². The van der Waals surface area contributed by atoms with Crippen LogP contribution in [-0.4, -0.2) is 93.6 Å². The molecule has 0 atom stereocenters. The summed E-state index contributed by atoms with van der Waals surface area (Å²) < 4.78 is 5.53. The maximum absolute atomic E-state index is 8.90. The fourth-order valence-electron chi connectivity index (χ4n) is 5.68. The quantitative estimate of drug-likeness (QED) is 0.503. The molecule has 3 N–H and O–H groups in total. The second-order valence-corrected chi connectivity index (χ2v) is 10.6. The molecule has 35 heavy (non-hydrogen) atoms. The Morgan fingerprint density at radius 1 is 0.886 bits per heavy atom. The van der Waals surface area contributed by atoms with E-state index in [-0.39, 0.29) is 12.0 Å². The predicted molar refractivity (Wildman–Crippen MR) is 143 cm³/mol. The van der Waals surface area contributed by atoms with Crippen LogP contribution in [0.25, 0.3) is 0 Å². The van der Waals surface area contributed by atoms with E-state index in [1.807, 2.05) is 0 Å². The highest BCUT2D eigenvalue weighted by Gasteiger charge is 2.33. The van der Waals surface area contributed by atoms with Gasteiger partial charge in [-0.25, -0.2) is 0 Å². The molecule has 2 aromatic carbocycles. The number of ether oxygens (including phenoxy) is 1.